The van der Waals surface area contributed by atoms with Gasteiger partial charge in [0.05, 0.1) is 10.0 Å². The van der Waals surface area contributed by atoms with Gasteiger partial charge in [0.2, 0.25) is 0 Å². The van der Waals surface area contributed by atoms with E-state index < -0.39 is 21.7 Å². The highest BCUT2D eigenvalue weighted by Gasteiger charge is 2.30. The third kappa shape index (κ3) is 3.35. The van der Waals surface area contributed by atoms with Crippen LogP contribution in [-0.2, 0) is 10.0 Å². The summed E-state index contributed by atoms with van der Waals surface area (Å²) in [7, 11) is -3.58. The maximum Gasteiger partial charge on any atom is 0.252 e. The molecule has 9 heteroatoms. The van der Waals surface area contributed by atoms with Crippen molar-refractivity contribution in [3.63, 3.8) is 0 Å². The minimum atomic E-state index is -3.58. The van der Waals surface area contributed by atoms with Crippen LogP contribution in [0.2, 0.25) is 4.34 Å². The number of hydrogen-bond acceptors (Lipinski definition) is 4. The Hall–Kier alpha value is -1.22. The van der Waals surface area contributed by atoms with E-state index in [0.29, 0.717) is 17.4 Å². The molecule has 0 bridgehead atoms. The number of thiophene rings is 1. The van der Waals surface area contributed by atoms with Gasteiger partial charge in [-0.25, -0.2) is 17.2 Å². The van der Waals surface area contributed by atoms with Crippen molar-refractivity contribution in [3.05, 3.63) is 46.3 Å². The first-order chi connectivity index (χ1) is 10.9. The quantitative estimate of drug-likeness (QED) is 0.823. The minimum Gasteiger partial charge on any atom is -0.367 e. The number of benzene rings is 1. The molecule has 1 aliphatic rings. The van der Waals surface area contributed by atoms with Crippen molar-refractivity contribution in [1.29, 1.82) is 0 Å². The Labute approximate surface area is 141 Å². The summed E-state index contributed by atoms with van der Waals surface area (Å²) in [5, 5.41) is 0. The van der Waals surface area contributed by atoms with Crippen molar-refractivity contribution in [2.24, 2.45) is 0 Å². The molecule has 1 aliphatic heterocycles. The van der Waals surface area contributed by atoms with Crippen molar-refractivity contribution in [1.82, 2.24) is 4.31 Å². The monoisotopic (exact) mass is 378 g/mol. The first kappa shape index (κ1) is 16.6. The molecule has 124 valence electrons. The van der Waals surface area contributed by atoms with Gasteiger partial charge in [0, 0.05) is 32.2 Å². The third-order valence-corrected chi connectivity index (χ3v) is 7.23. The van der Waals surface area contributed by atoms with Crippen LogP contribution in [0.5, 0.6) is 0 Å². The molecule has 2 aromatic rings. The molecule has 0 saturated carbocycles. The Balaban J connectivity index is 1.73. The maximum absolute atomic E-state index is 13.8. The molecule has 1 fully saturated rings. The van der Waals surface area contributed by atoms with Gasteiger partial charge in [0.25, 0.3) is 10.0 Å². The van der Waals surface area contributed by atoms with Crippen molar-refractivity contribution in [2.75, 3.05) is 31.1 Å². The van der Waals surface area contributed by atoms with Crippen LogP contribution in [-0.4, -0.2) is 38.9 Å². The fourth-order valence-electron chi connectivity index (χ4n) is 2.47. The highest BCUT2D eigenvalue weighted by atomic mass is 35.5. The van der Waals surface area contributed by atoms with Crippen LogP contribution in [0.25, 0.3) is 0 Å². The summed E-state index contributed by atoms with van der Waals surface area (Å²) in [6.07, 6.45) is 0. The van der Waals surface area contributed by atoms with E-state index in [9.17, 15) is 17.2 Å². The number of sulfonamides is 1. The van der Waals surface area contributed by atoms with Gasteiger partial charge in [-0.3, -0.25) is 0 Å². The molecule has 4 nitrogen and oxygen atoms in total. The zero-order valence-electron chi connectivity index (χ0n) is 11.9. The molecule has 0 radical (unpaired) electrons. The van der Waals surface area contributed by atoms with Gasteiger partial charge in [0.15, 0.2) is 0 Å². The summed E-state index contributed by atoms with van der Waals surface area (Å²) >= 11 is 6.80. The van der Waals surface area contributed by atoms with E-state index in [1.165, 1.54) is 22.5 Å². The highest BCUT2D eigenvalue weighted by molar-refractivity contribution is 7.91. The molecule has 0 spiro atoms. The zero-order chi connectivity index (χ0) is 16.6. The Kier molecular flexibility index (Phi) is 4.59. The summed E-state index contributed by atoms with van der Waals surface area (Å²) in [6, 6.07) is 6.41. The molecule has 2 heterocycles. The van der Waals surface area contributed by atoms with Gasteiger partial charge >= 0.3 is 0 Å². The topological polar surface area (TPSA) is 40.6 Å². The van der Waals surface area contributed by atoms with Crippen LogP contribution < -0.4 is 4.90 Å². The normalized spacial score (nSPS) is 16.7. The predicted molar refractivity (Wildman–Crippen MR) is 86.7 cm³/mol. The lowest BCUT2D eigenvalue weighted by Gasteiger charge is -2.35. The average Bonchev–Trinajstić information content (AvgIpc) is 2.95. The fraction of sp³-hybridized carbons (Fsp3) is 0.286. The fourth-order valence-corrected chi connectivity index (χ4v) is 5.53. The highest BCUT2D eigenvalue weighted by Crippen LogP contribution is 2.29. The number of halogens is 3. The summed E-state index contributed by atoms with van der Waals surface area (Å²) < 4.78 is 53.7. The van der Waals surface area contributed by atoms with Gasteiger partial charge in [-0.05, 0) is 24.3 Å². The summed E-state index contributed by atoms with van der Waals surface area (Å²) in [5.74, 6) is -1.28. The molecule has 0 atom stereocenters. The summed E-state index contributed by atoms with van der Waals surface area (Å²) in [5.41, 5.74) is 0.280. The number of hydrogen-bond donors (Lipinski definition) is 0. The third-order valence-electron chi connectivity index (χ3n) is 3.63. The molecule has 1 aromatic heterocycles. The van der Waals surface area contributed by atoms with Crippen LogP contribution in [0.1, 0.15) is 0 Å². The van der Waals surface area contributed by atoms with Crippen LogP contribution in [0.15, 0.2) is 34.5 Å². The SMILES string of the molecule is O=S(=O)(c1ccc(Cl)s1)N1CCN(c2ccc(F)cc2F)CC1. The second kappa shape index (κ2) is 6.35. The molecular formula is C14H13ClF2N2O2S2. The number of rotatable bonds is 3. The van der Waals surface area contributed by atoms with Gasteiger partial charge in [-0.15, -0.1) is 11.3 Å². The van der Waals surface area contributed by atoms with Crippen molar-refractivity contribution in [2.45, 2.75) is 4.21 Å². The lowest BCUT2D eigenvalue weighted by atomic mass is 10.2. The lowest BCUT2D eigenvalue weighted by molar-refractivity contribution is 0.384. The molecule has 0 N–H and O–H groups in total. The smallest absolute Gasteiger partial charge is 0.252 e. The average molecular weight is 379 g/mol. The molecule has 3 rings (SSSR count). The first-order valence-electron chi connectivity index (χ1n) is 6.83. The van der Waals surface area contributed by atoms with E-state index in [0.717, 1.165) is 17.4 Å². The van der Waals surface area contributed by atoms with E-state index in [1.807, 2.05) is 0 Å². The van der Waals surface area contributed by atoms with Crippen molar-refractivity contribution < 1.29 is 17.2 Å². The standard InChI is InChI=1S/C14H13ClF2N2O2S2/c15-13-3-4-14(22-13)23(20,21)19-7-5-18(6-8-19)12-2-1-10(16)9-11(12)17/h1-4,9H,5-8H2. The summed E-state index contributed by atoms with van der Waals surface area (Å²) in [6.45, 7) is 1.13. The van der Waals surface area contributed by atoms with Crippen LogP contribution in [0.3, 0.4) is 0 Å². The zero-order valence-corrected chi connectivity index (χ0v) is 14.3. The number of piperazine rings is 1. The Morgan fingerprint density at radius 2 is 1.74 bits per heavy atom. The van der Waals surface area contributed by atoms with Crippen LogP contribution in [0, 0.1) is 11.6 Å². The molecule has 0 amide bonds. The van der Waals surface area contributed by atoms with Crippen LogP contribution >= 0.6 is 22.9 Å². The van der Waals surface area contributed by atoms with E-state index >= 15 is 0 Å². The van der Waals surface area contributed by atoms with Gasteiger partial charge in [-0.1, -0.05) is 11.6 Å². The maximum atomic E-state index is 13.8. The van der Waals surface area contributed by atoms with Crippen LogP contribution in [0.4, 0.5) is 14.5 Å². The van der Waals surface area contributed by atoms with E-state index in [2.05, 4.69) is 0 Å². The molecule has 1 saturated heterocycles. The van der Waals surface area contributed by atoms with E-state index in [-0.39, 0.29) is 23.0 Å². The Bertz CT molecular complexity index is 818. The number of nitrogens with zero attached hydrogens (tertiary/aromatic N) is 2. The molecular weight excluding hydrogens is 366 g/mol. The van der Waals surface area contributed by atoms with Crippen molar-refractivity contribution >= 4 is 38.6 Å². The first-order valence-corrected chi connectivity index (χ1v) is 9.47. The molecule has 0 unspecified atom stereocenters. The molecule has 23 heavy (non-hydrogen) atoms. The van der Waals surface area contributed by atoms with E-state index in [4.69, 9.17) is 11.6 Å². The second-order valence-electron chi connectivity index (χ2n) is 5.05. The number of anilines is 1. The molecule has 0 aliphatic carbocycles. The second-order valence-corrected chi connectivity index (χ2v) is 8.93. The van der Waals surface area contributed by atoms with Gasteiger partial charge < -0.3 is 4.90 Å². The molecule has 1 aromatic carbocycles. The largest absolute Gasteiger partial charge is 0.367 e. The van der Waals surface area contributed by atoms with Crippen molar-refractivity contribution in [3.8, 4) is 0 Å². The Morgan fingerprint density at radius 1 is 1.04 bits per heavy atom. The van der Waals surface area contributed by atoms with Gasteiger partial charge in [0.1, 0.15) is 15.8 Å². The lowest BCUT2D eigenvalue weighted by Crippen LogP contribution is -2.48. The predicted octanol–water partition coefficient (Wildman–Crippen LogP) is 3.19. The van der Waals surface area contributed by atoms with E-state index in [1.54, 1.807) is 11.0 Å². The van der Waals surface area contributed by atoms with Gasteiger partial charge in [-0.2, -0.15) is 4.31 Å². The summed E-state index contributed by atoms with van der Waals surface area (Å²) in [4.78, 5) is 1.71. The Morgan fingerprint density at radius 3 is 2.30 bits per heavy atom. The minimum absolute atomic E-state index is 0.198.